The average molecular weight is 314 g/mol. The van der Waals surface area contributed by atoms with E-state index in [4.69, 9.17) is 16.3 Å². The lowest BCUT2D eigenvalue weighted by Crippen LogP contribution is -2.12. The smallest absolute Gasteiger partial charge is 0.360 e. The molecule has 8 heteroatoms. The van der Waals surface area contributed by atoms with Gasteiger partial charge in [0.1, 0.15) is 5.82 Å². The summed E-state index contributed by atoms with van der Waals surface area (Å²) >= 11 is 7.20. The Bertz CT molecular complexity index is 704. The van der Waals surface area contributed by atoms with Crippen molar-refractivity contribution in [1.29, 1.82) is 0 Å². The minimum absolute atomic E-state index is 0.00499. The number of fused-ring (bicyclic) bond motifs is 3. The van der Waals surface area contributed by atoms with E-state index in [9.17, 15) is 9.18 Å². The Kier molecular flexibility index (Phi) is 3.39. The molecule has 1 aromatic heterocycles. The molecule has 0 saturated heterocycles. The van der Waals surface area contributed by atoms with Crippen molar-refractivity contribution in [2.45, 2.75) is 17.6 Å². The number of esters is 1. The van der Waals surface area contributed by atoms with Gasteiger partial charge in [-0.1, -0.05) is 16.8 Å². The molecule has 1 aliphatic heterocycles. The third-order valence-corrected chi connectivity index (χ3v) is 4.17. The van der Waals surface area contributed by atoms with Crippen molar-refractivity contribution in [3.8, 4) is 5.69 Å². The second kappa shape index (κ2) is 5.06. The van der Waals surface area contributed by atoms with Crippen molar-refractivity contribution in [1.82, 2.24) is 15.0 Å². The van der Waals surface area contributed by atoms with E-state index in [0.29, 0.717) is 22.0 Å². The molecule has 5 nitrogen and oxygen atoms in total. The van der Waals surface area contributed by atoms with Crippen molar-refractivity contribution in [3.63, 3.8) is 0 Å². The van der Waals surface area contributed by atoms with Gasteiger partial charge >= 0.3 is 5.97 Å². The van der Waals surface area contributed by atoms with E-state index < -0.39 is 11.8 Å². The fraction of sp³-hybridized carbons (Fsp3) is 0.250. The molecule has 0 aliphatic carbocycles. The molecule has 0 bridgehead atoms. The molecule has 1 aromatic carbocycles. The number of halogens is 2. The minimum Gasteiger partial charge on any atom is -0.461 e. The Balaban J connectivity index is 2.10. The van der Waals surface area contributed by atoms with E-state index in [0.717, 1.165) is 0 Å². The number of carbonyl (C=O) groups excluding carboxylic acids is 1. The number of aromatic nitrogens is 3. The van der Waals surface area contributed by atoms with Crippen LogP contribution in [-0.4, -0.2) is 27.6 Å². The van der Waals surface area contributed by atoms with Gasteiger partial charge in [0.25, 0.3) is 0 Å². The van der Waals surface area contributed by atoms with Gasteiger partial charge in [-0.15, -0.1) is 16.9 Å². The minimum atomic E-state index is -0.508. The molecule has 0 N–H and O–H groups in total. The predicted molar refractivity (Wildman–Crippen MR) is 71.8 cm³/mol. The van der Waals surface area contributed by atoms with Crippen molar-refractivity contribution in [2.75, 3.05) is 6.61 Å². The molecule has 20 heavy (non-hydrogen) atoms. The zero-order chi connectivity index (χ0) is 14.3. The number of carbonyl (C=O) groups is 1. The second-order valence-electron chi connectivity index (χ2n) is 4.04. The predicted octanol–water partition coefficient (Wildman–Crippen LogP) is 2.84. The first kappa shape index (κ1) is 13.4. The van der Waals surface area contributed by atoms with Crippen LogP contribution in [0.4, 0.5) is 4.39 Å². The number of hydrogen-bond acceptors (Lipinski definition) is 5. The lowest BCUT2D eigenvalue weighted by Gasteiger charge is -2.17. The molecule has 2 heterocycles. The van der Waals surface area contributed by atoms with Gasteiger partial charge in [-0.3, -0.25) is 0 Å². The molecule has 3 rings (SSSR count). The molecule has 2 aromatic rings. The summed E-state index contributed by atoms with van der Waals surface area (Å²) in [5.41, 5.74) is 1.43. The van der Waals surface area contributed by atoms with Gasteiger partial charge in [0.2, 0.25) is 0 Å². The Morgan fingerprint density at radius 3 is 3.15 bits per heavy atom. The van der Waals surface area contributed by atoms with Crippen LogP contribution in [0.15, 0.2) is 17.0 Å². The quantitative estimate of drug-likeness (QED) is 0.798. The summed E-state index contributed by atoms with van der Waals surface area (Å²) in [7, 11) is 0. The van der Waals surface area contributed by atoms with Crippen LogP contribution in [0.5, 0.6) is 0 Å². The molecule has 0 saturated carbocycles. The highest BCUT2D eigenvalue weighted by molar-refractivity contribution is 7.98. The Morgan fingerprint density at radius 1 is 1.60 bits per heavy atom. The normalized spacial score (nSPS) is 12.8. The highest BCUT2D eigenvalue weighted by atomic mass is 35.5. The van der Waals surface area contributed by atoms with Crippen LogP contribution in [0.2, 0.25) is 5.02 Å². The number of nitrogens with zero attached hydrogens (tertiary/aromatic N) is 3. The van der Waals surface area contributed by atoms with E-state index >= 15 is 0 Å². The summed E-state index contributed by atoms with van der Waals surface area (Å²) in [6, 6.07) is 2.84. The summed E-state index contributed by atoms with van der Waals surface area (Å²) in [4.78, 5) is 12.5. The standard InChI is InChI=1S/C12H9ClFN3O2S/c1-2-19-12(18)11-9-5-20-10-4-7(14)6(13)3-8(10)17(9)16-15-11/h3-4H,2,5H2,1H3. The van der Waals surface area contributed by atoms with Crippen LogP contribution >= 0.6 is 23.4 Å². The molecule has 0 amide bonds. The molecule has 0 atom stereocenters. The highest BCUT2D eigenvalue weighted by Crippen LogP contribution is 2.37. The number of hydrogen-bond donors (Lipinski definition) is 0. The topological polar surface area (TPSA) is 57.0 Å². The summed E-state index contributed by atoms with van der Waals surface area (Å²) in [5.74, 6) is -0.520. The zero-order valence-electron chi connectivity index (χ0n) is 10.4. The van der Waals surface area contributed by atoms with Gasteiger partial charge in [-0.25, -0.2) is 13.9 Å². The van der Waals surface area contributed by atoms with Crippen molar-refractivity contribution < 1.29 is 13.9 Å². The number of thioether (sulfide) groups is 1. The Hall–Kier alpha value is -1.60. The van der Waals surface area contributed by atoms with Crippen molar-refractivity contribution in [2.24, 2.45) is 0 Å². The van der Waals surface area contributed by atoms with E-state index in [1.54, 1.807) is 6.92 Å². The van der Waals surface area contributed by atoms with Crippen LogP contribution in [0.3, 0.4) is 0 Å². The van der Waals surface area contributed by atoms with Crippen LogP contribution in [0, 0.1) is 5.82 Å². The van der Waals surface area contributed by atoms with Gasteiger partial charge in [-0.05, 0) is 19.1 Å². The van der Waals surface area contributed by atoms with Crippen LogP contribution in [0.25, 0.3) is 5.69 Å². The maximum Gasteiger partial charge on any atom is 0.360 e. The highest BCUT2D eigenvalue weighted by Gasteiger charge is 2.27. The van der Waals surface area contributed by atoms with Gasteiger partial charge in [0.05, 0.1) is 23.0 Å². The number of benzene rings is 1. The fourth-order valence-electron chi connectivity index (χ4n) is 1.93. The molecule has 0 spiro atoms. The first-order valence-electron chi connectivity index (χ1n) is 5.85. The lowest BCUT2D eigenvalue weighted by molar-refractivity contribution is 0.0518. The lowest BCUT2D eigenvalue weighted by atomic mass is 10.2. The summed E-state index contributed by atoms with van der Waals surface area (Å²) in [5, 5.41) is 7.80. The van der Waals surface area contributed by atoms with Crippen LogP contribution in [-0.2, 0) is 10.5 Å². The van der Waals surface area contributed by atoms with Gasteiger partial charge < -0.3 is 4.74 Å². The molecular weight excluding hydrogens is 305 g/mol. The monoisotopic (exact) mass is 313 g/mol. The van der Waals surface area contributed by atoms with E-state index in [-0.39, 0.29) is 17.3 Å². The van der Waals surface area contributed by atoms with Crippen LogP contribution in [0.1, 0.15) is 23.1 Å². The van der Waals surface area contributed by atoms with Crippen molar-refractivity contribution in [3.05, 3.63) is 34.4 Å². The van der Waals surface area contributed by atoms with E-state index in [2.05, 4.69) is 10.3 Å². The molecule has 0 unspecified atom stereocenters. The first-order valence-corrected chi connectivity index (χ1v) is 7.22. The first-order chi connectivity index (χ1) is 9.61. The summed E-state index contributed by atoms with van der Waals surface area (Å²) in [6.07, 6.45) is 0. The molecule has 0 fully saturated rings. The molecule has 1 aliphatic rings. The second-order valence-corrected chi connectivity index (χ2v) is 5.46. The largest absolute Gasteiger partial charge is 0.461 e. The number of ether oxygens (including phenoxy) is 1. The molecule has 104 valence electrons. The Labute approximate surface area is 123 Å². The number of rotatable bonds is 2. The van der Waals surface area contributed by atoms with Gasteiger partial charge in [0.15, 0.2) is 5.69 Å². The zero-order valence-corrected chi connectivity index (χ0v) is 12.0. The maximum atomic E-state index is 13.5. The average Bonchev–Trinajstić information content (AvgIpc) is 2.85. The van der Waals surface area contributed by atoms with Crippen molar-refractivity contribution >= 4 is 29.3 Å². The maximum absolute atomic E-state index is 13.5. The van der Waals surface area contributed by atoms with E-state index in [1.165, 1.54) is 28.6 Å². The third-order valence-electron chi connectivity index (χ3n) is 2.83. The molecule has 0 radical (unpaired) electrons. The Morgan fingerprint density at radius 2 is 2.40 bits per heavy atom. The SMILES string of the molecule is CCOC(=O)c1nnn2c1CSc1cc(F)c(Cl)cc1-2. The van der Waals surface area contributed by atoms with E-state index in [1.807, 2.05) is 0 Å². The summed E-state index contributed by atoms with van der Waals surface area (Å²) in [6.45, 7) is 1.99. The van der Waals surface area contributed by atoms with Crippen LogP contribution < -0.4 is 0 Å². The van der Waals surface area contributed by atoms with Gasteiger partial charge in [0, 0.05) is 10.6 Å². The third kappa shape index (κ3) is 2.06. The van der Waals surface area contributed by atoms with Gasteiger partial charge in [-0.2, -0.15) is 0 Å². The molecular formula is C12H9ClFN3O2S. The fourth-order valence-corrected chi connectivity index (χ4v) is 3.12. The summed E-state index contributed by atoms with van der Waals surface area (Å²) < 4.78 is 19.9.